The third kappa shape index (κ3) is 1.48. The summed E-state index contributed by atoms with van der Waals surface area (Å²) in [7, 11) is 0. The maximum atomic E-state index is 13.7. The van der Waals surface area contributed by atoms with Crippen molar-refractivity contribution in [3.05, 3.63) is 57.8 Å². The van der Waals surface area contributed by atoms with Gasteiger partial charge in [0.2, 0.25) is 0 Å². The van der Waals surface area contributed by atoms with Crippen LogP contribution in [-0.4, -0.2) is 11.9 Å². The smallest absolute Gasteiger partial charge is 0.316 e. The summed E-state index contributed by atoms with van der Waals surface area (Å²) in [6, 6.07) is 9.17. The van der Waals surface area contributed by atoms with Gasteiger partial charge in [-0.3, -0.25) is 10.1 Å². The van der Waals surface area contributed by atoms with Crippen molar-refractivity contribution in [3.8, 4) is 11.1 Å². The van der Waals surface area contributed by atoms with E-state index < -0.39 is 23.3 Å². The maximum Gasteiger partial charge on any atom is 0.322 e. The Hall–Kier alpha value is -2.21. The van der Waals surface area contributed by atoms with Crippen LogP contribution in [0.15, 0.2) is 40.9 Å². The lowest BCUT2D eigenvalue weighted by Gasteiger charge is -2.23. The van der Waals surface area contributed by atoms with Crippen molar-refractivity contribution in [1.29, 1.82) is 0 Å². The lowest BCUT2D eigenvalue weighted by Crippen LogP contribution is -2.43. The average molecular weight is 347 g/mol. The molecule has 2 aromatic carbocycles. The number of carbonyl (C=O) groups excluding carboxylic acids is 2. The van der Waals surface area contributed by atoms with Crippen molar-refractivity contribution >= 4 is 27.9 Å². The fourth-order valence-corrected chi connectivity index (χ4v) is 3.46. The van der Waals surface area contributed by atoms with Gasteiger partial charge in [0.25, 0.3) is 5.91 Å². The standard InChI is InChI=1S/C15H8BrFN2O2/c16-7-1-3-9-10-4-2-8(17)6-12(10)15(11(9)5-7)13(20)18-14(21)19-15/h1-6H,(H2,18,19,20,21). The van der Waals surface area contributed by atoms with Crippen LogP contribution < -0.4 is 10.6 Å². The third-order valence-corrected chi connectivity index (χ3v) is 4.42. The molecule has 1 spiro atoms. The predicted octanol–water partition coefficient (Wildman–Crippen LogP) is 2.65. The van der Waals surface area contributed by atoms with Crippen molar-refractivity contribution in [1.82, 2.24) is 10.6 Å². The second-order valence-corrected chi connectivity index (χ2v) is 5.95. The largest absolute Gasteiger partial charge is 0.322 e. The summed E-state index contributed by atoms with van der Waals surface area (Å²) in [5, 5.41) is 4.90. The summed E-state index contributed by atoms with van der Waals surface area (Å²) in [5.74, 6) is -0.940. The van der Waals surface area contributed by atoms with Crippen molar-refractivity contribution in [3.63, 3.8) is 0 Å². The Morgan fingerprint density at radius 3 is 2.33 bits per heavy atom. The molecule has 3 amide bonds. The number of hydrogen-bond donors (Lipinski definition) is 2. The van der Waals surface area contributed by atoms with Gasteiger partial charge in [-0.05, 0) is 35.4 Å². The van der Waals surface area contributed by atoms with Crippen molar-refractivity contribution < 1.29 is 14.0 Å². The minimum absolute atomic E-state index is 0.450. The van der Waals surface area contributed by atoms with Crippen molar-refractivity contribution in [2.75, 3.05) is 0 Å². The molecule has 0 aromatic heterocycles. The molecule has 4 nitrogen and oxygen atoms in total. The number of fused-ring (bicyclic) bond motifs is 5. The maximum absolute atomic E-state index is 13.7. The predicted molar refractivity (Wildman–Crippen MR) is 77.0 cm³/mol. The lowest BCUT2D eigenvalue weighted by molar-refractivity contribution is -0.122. The van der Waals surface area contributed by atoms with Gasteiger partial charge in [-0.25, -0.2) is 9.18 Å². The molecular formula is C15H8BrFN2O2. The van der Waals surface area contributed by atoms with E-state index in [0.717, 1.165) is 15.6 Å². The van der Waals surface area contributed by atoms with E-state index >= 15 is 0 Å². The molecule has 21 heavy (non-hydrogen) atoms. The molecule has 0 bridgehead atoms. The number of nitrogens with one attached hydrogen (secondary N) is 2. The van der Waals surface area contributed by atoms with Crippen LogP contribution in [-0.2, 0) is 10.3 Å². The number of hydrogen-bond acceptors (Lipinski definition) is 2. The van der Waals surface area contributed by atoms with E-state index in [1.54, 1.807) is 12.1 Å². The molecule has 1 aliphatic heterocycles. The number of amides is 3. The van der Waals surface area contributed by atoms with Gasteiger partial charge in [0.1, 0.15) is 5.82 Å². The molecule has 0 radical (unpaired) electrons. The summed E-state index contributed by atoms with van der Waals surface area (Å²) in [5.41, 5.74) is 1.30. The van der Waals surface area contributed by atoms with Crippen LogP contribution in [0.1, 0.15) is 11.1 Å². The van der Waals surface area contributed by atoms with Gasteiger partial charge in [-0.2, -0.15) is 0 Å². The van der Waals surface area contributed by atoms with Crippen LogP contribution in [0.25, 0.3) is 11.1 Å². The Balaban J connectivity index is 2.12. The molecule has 2 aliphatic rings. The van der Waals surface area contributed by atoms with Gasteiger partial charge in [0.05, 0.1) is 0 Å². The van der Waals surface area contributed by atoms with E-state index in [2.05, 4.69) is 26.6 Å². The van der Waals surface area contributed by atoms with E-state index in [1.165, 1.54) is 12.1 Å². The second kappa shape index (κ2) is 3.92. The zero-order valence-corrected chi connectivity index (χ0v) is 12.1. The zero-order valence-electron chi connectivity index (χ0n) is 10.5. The molecule has 4 rings (SSSR count). The van der Waals surface area contributed by atoms with Crippen LogP contribution >= 0.6 is 15.9 Å². The molecule has 104 valence electrons. The summed E-state index contributed by atoms with van der Waals surface area (Å²) in [6.45, 7) is 0. The molecule has 1 fully saturated rings. The Morgan fingerprint density at radius 2 is 1.67 bits per heavy atom. The third-order valence-electron chi connectivity index (χ3n) is 3.93. The van der Waals surface area contributed by atoms with Crippen LogP contribution in [0.2, 0.25) is 0 Å². The Morgan fingerprint density at radius 1 is 1.00 bits per heavy atom. The van der Waals surface area contributed by atoms with Crippen LogP contribution in [0.4, 0.5) is 9.18 Å². The topological polar surface area (TPSA) is 58.2 Å². The first-order valence-corrected chi connectivity index (χ1v) is 7.06. The number of urea groups is 1. The monoisotopic (exact) mass is 346 g/mol. The number of imide groups is 1. The normalized spacial score (nSPS) is 22.0. The quantitative estimate of drug-likeness (QED) is 0.720. The molecule has 6 heteroatoms. The van der Waals surface area contributed by atoms with E-state index in [4.69, 9.17) is 0 Å². The number of carbonyl (C=O) groups is 2. The van der Waals surface area contributed by atoms with E-state index in [0.29, 0.717) is 11.1 Å². The fourth-order valence-electron chi connectivity index (χ4n) is 3.10. The van der Waals surface area contributed by atoms with Gasteiger partial charge in [-0.1, -0.05) is 28.1 Å². The fraction of sp³-hybridized carbons (Fsp3) is 0.0667. The lowest BCUT2D eigenvalue weighted by atomic mass is 9.87. The number of rotatable bonds is 0. The first-order chi connectivity index (χ1) is 10.0. The Kier molecular flexibility index (Phi) is 2.34. The summed E-state index contributed by atoms with van der Waals surface area (Å²) in [4.78, 5) is 24.1. The molecular weight excluding hydrogens is 339 g/mol. The van der Waals surface area contributed by atoms with Gasteiger partial charge in [-0.15, -0.1) is 0 Å². The van der Waals surface area contributed by atoms with Gasteiger partial charge in [0, 0.05) is 15.6 Å². The van der Waals surface area contributed by atoms with Gasteiger partial charge < -0.3 is 5.32 Å². The van der Waals surface area contributed by atoms with Gasteiger partial charge in [0.15, 0.2) is 5.54 Å². The summed E-state index contributed by atoms with van der Waals surface area (Å²) < 4.78 is 14.5. The summed E-state index contributed by atoms with van der Waals surface area (Å²) >= 11 is 3.37. The highest BCUT2D eigenvalue weighted by Gasteiger charge is 2.55. The van der Waals surface area contributed by atoms with E-state index in [9.17, 15) is 14.0 Å². The first-order valence-electron chi connectivity index (χ1n) is 6.26. The van der Waals surface area contributed by atoms with Crippen molar-refractivity contribution in [2.45, 2.75) is 5.54 Å². The molecule has 0 saturated carbocycles. The van der Waals surface area contributed by atoms with E-state index in [1.807, 2.05) is 12.1 Å². The van der Waals surface area contributed by atoms with Gasteiger partial charge >= 0.3 is 6.03 Å². The molecule has 1 saturated heterocycles. The highest BCUT2D eigenvalue weighted by atomic mass is 79.9. The minimum Gasteiger partial charge on any atom is -0.316 e. The molecule has 1 heterocycles. The Bertz CT molecular complexity index is 783. The first kappa shape index (κ1) is 12.5. The average Bonchev–Trinajstić information content (AvgIpc) is 2.87. The highest BCUT2D eigenvalue weighted by molar-refractivity contribution is 9.10. The number of halogens is 2. The van der Waals surface area contributed by atoms with E-state index in [-0.39, 0.29) is 0 Å². The second-order valence-electron chi connectivity index (χ2n) is 5.04. The molecule has 1 unspecified atom stereocenters. The van der Waals surface area contributed by atoms with Crippen LogP contribution in [0.3, 0.4) is 0 Å². The summed E-state index contributed by atoms with van der Waals surface area (Å²) in [6.07, 6.45) is 0. The van der Waals surface area contributed by atoms with Crippen LogP contribution in [0.5, 0.6) is 0 Å². The molecule has 1 atom stereocenters. The molecule has 2 N–H and O–H groups in total. The zero-order chi connectivity index (χ0) is 14.8. The minimum atomic E-state index is -1.35. The van der Waals surface area contributed by atoms with Crippen molar-refractivity contribution in [2.24, 2.45) is 0 Å². The molecule has 1 aliphatic carbocycles. The highest BCUT2D eigenvalue weighted by Crippen LogP contribution is 2.49. The number of benzene rings is 2. The SMILES string of the molecule is O=C1NC(=O)C2(N1)c1cc(F)ccc1-c1ccc(Br)cc12. The van der Waals surface area contributed by atoms with Crippen LogP contribution in [0, 0.1) is 5.82 Å². The Labute approximate surface area is 127 Å². The molecule has 2 aromatic rings.